The number of benzene rings is 1. The van der Waals surface area contributed by atoms with Gasteiger partial charge in [0.1, 0.15) is 0 Å². The zero-order chi connectivity index (χ0) is 17.7. The molecule has 0 amide bonds. The van der Waals surface area contributed by atoms with Gasteiger partial charge in [-0.15, -0.1) is 0 Å². The molecule has 2 aliphatic heterocycles. The summed E-state index contributed by atoms with van der Waals surface area (Å²) < 4.78 is 32.3. The fourth-order valence-corrected chi connectivity index (χ4v) is 4.57. The second-order valence-corrected chi connectivity index (χ2v) is 8.27. The van der Waals surface area contributed by atoms with Gasteiger partial charge in [-0.25, -0.2) is 8.42 Å². The molecule has 8 heteroatoms. The molecule has 25 heavy (non-hydrogen) atoms. The Morgan fingerprint density at radius 2 is 1.48 bits per heavy atom. The summed E-state index contributed by atoms with van der Waals surface area (Å²) in [5, 5.41) is 8.83. The smallest absolute Gasteiger partial charge is 0.243 e. The number of piperazine rings is 1. The molecule has 0 saturated carbocycles. The normalized spacial score (nSPS) is 21.1. The van der Waals surface area contributed by atoms with Crippen LogP contribution in [0.15, 0.2) is 29.2 Å². The van der Waals surface area contributed by atoms with E-state index in [0.717, 1.165) is 52.5 Å². The maximum atomic E-state index is 12.7. The Morgan fingerprint density at radius 1 is 0.920 bits per heavy atom. The third-order valence-corrected chi connectivity index (χ3v) is 6.70. The van der Waals surface area contributed by atoms with Gasteiger partial charge in [0.2, 0.25) is 10.0 Å². The van der Waals surface area contributed by atoms with E-state index < -0.39 is 10.0 Å². The molecule has 0 aromatic heterocycles. The minimum atomic E-state index is -3.48. The molecule has 2 heterocycles. The molecule has 2 fully saturated rings. The molecule has 0 spiro atoms. The molecule has 1 aromatic carbocycles. The van der Waals surface area contributed by atoms with Crippen molar-refractivity contribution in [3.05, 3.63) is 29.8 Å². The summed E-state index contributed by atoms with van der Waals surface area (Å²) in [6, 6.07) is 8.12. The van der Waals surface area contributed by atoms with Crippen LogP contribution >= 0.6 is 0 Å². The Kier molecular flexibility index (Phi) is 6.04. The first-order valence-corrected chi connectivity index (χ1v) is 10.1. The van der Waals surface area contributed by atoms with Crippen LogP contribution in [-0.2, 0) is 14.8 Å². The number of hydrogen-bond acceptors (Lipinski definition) is 6. The van der Waals surface area contributed by atoms with Crippen molar-refractivity contribution in [2.24, 2.45) is 0 Å². The van der Waals surface area contributed by atoms with Gasteiger partial charge < -0.3 is 4.74 Å². The van der Waals surface area contributed by atoms with Crippen LogP contribution in [0.25, 0.3) is 0 Å². The van der Waals surface area contributed by atoms with Crippen LogP contribution in [0.4, 0.5) is 0 Å². The topological polar surface area (TPSA) is 76.9 Å². The number of rotatable bonds is 5. The minimum Gasteiger partial charge on any atom is -0.379 e. The Labute approximate surface area is 149 Å². The van der Waals surface area contributed by atoms with Gasteiger partial charge in [0.05, 0.1) is 29.7 Å². The predicted molar refractivity (Wildman–Crippen MR) is 93.6 cm³/mol. The number of nitriles is 1. The monoisotopic (exact) mass is 364 g/mol. The van der Waals surface area contributed by atoms with Crippen molar-refractivity contribution in [3.63, 3.8) is 0 Å². The maximum Gasteiger partial charge on any atom is 0.243 e. The van der Waals surface area contributed by atoms with Gasteiger partial charge in [0.25, 0.3) is 0 Å². The van der Waals surface area contributed by atoms with E-state index in [4.69, 9.17) is 10.00 Å². The highest BCUT2D eigenvalue weighted by Gasteiger charge is 2.28. The highest BCUT2D eigenvalue weighted by molar-refractivity contribution is 7.89. The van der Waals surface area contributed by atoms with Crippen molar-refractivity contribution in [3.8, 4) is 6.07 Å². The molecule has 2 aliphatic rings. The van der Waals surface area contributed by atoms with E-state index in [2.05, 4.69) is 9.80 Å². The summed E-state index contributed by atoms with van der Waals surface area (Å²) >= 11 is 0. The first-order valence-electron chi connectivity index (χ1n) is 8.62. The van der Waals surface area contributed by atoms with Gasteiger partial charge in [-0.1, -0.05) is 0 Å². The van der Waals surface area contributed by atoms with Gasteiger partial charge >= 0.3 is 0 Å². The number of sulfonamides is 1. The first-order chi connectivity index (χ1) is 12.1. The van der Waals surface area contributed by atoms with Crippen molar-refractivity contribution in [1.29, 1.82) is 5.26 Å². The molecule has 1 aromatic rings. The van der Waals surface area contributed by atoms with Gasteiger partial charge in [-0.3, -0.25) is 9.80 Å². The predicted octanol–water partition coefficient (Wildman–Crippen LogP) is 0.197. The summed E-state index contributed by atoms with van der Waals surface area (Å²) in [6.45, 7) is 8.04. The Bertz CT molecular complexity index is 700. The number of morpholine rings is 1. The zero-order valence-corrected chi connectivity index (χ0v) is 15.1. The maximum absolute atomic E-state index is 12.7. The van der Waals surface area contributed by atoms with Crippen molar-refractivity contribution in [2.75, 3.05) is 65.6 Å². The van der Waals surface area contributed by atoms with E-state index in [-0.39, 0.29) is 4.90 Å². The number of ether oxygens (including phenoxy) is 1. The molecule has 0 bridgehead atoms. The molecule has 2 saturated heterocycles. The SMILES string of the molecule is N#Cc1ccc(S(=O)(=O)N2CCN(CCN3CCOCC3)CC2)cc1. The van der Waals surface area contributed by atoms with Gasteiger partial charge in [0.15, 0.2) is 0 Å². The molecule has 0 aliphatic carbocycles. The largest absolute Gasteiger partial charge is 0.379 e. The van der Waals surface area contributed by atoms with Gasteiger partial charge in [-0.2, -0.15) is 9.57 Å². The highest BCUT2D eigenvalue weighted by Crippen LogP contribution is 2.18. The van der Waals surface area contributed by atoms with Gasteiger partial charge in [0, 0.05) is 52.4 Å². The Hall–Kier alpha value is -1.50. The molecule has 0 radical (unpaired) electrons. The standard InChI is InChI=1S/C17H24N4O3S/c18-15-16-1-3-17(4-2-16)25(22,23)21-9-7-19(8-10-21)5-6-20-11-13-24-14-12-20/h1-4H,5-14H2. The Morgan fingerprint density at radius 3 is 2.04 bits per heavy atom. The second kappa shape index (κ2) is 8.25. The van der Waals surface area contributed by atoms with Crippen LogP contribution in [0.2, 0.25) is 0 Å². The van der Waals surface area contributed by atoms with E-state index in [0.29, 0.717) is 18.7 Å². The summed E-state index contributed by atoms with van der Waals surface area (Å²) in [4.78, 5) is 4.97. The third-order valence-electron chi connectivity index (χ3n) is 4.79. The first kappa shape index (κ1) is 18.3. The van der Waals surface area contributed by atoms with E-state index in [1.807, 2.05) is 6.07 Å². The fourth-order valence-electron chi connectivity index (χ4n) is 3.15. The van der Waals surface area contributed by atoms with Crippen LogP contribution in [0.5, 0.6) is 0 Å². The minimum absolute atomic E-state index is 0.258. The molecule has 0 N–H and O–H groups in total. The van der Waals surface area contributed by atoms with Crippen molar-refractivity contribution < 1.29 is 13.2 Å². The van der Waals surface area contributed by atoms with Crippen LogP contribution in [-0.4, -0.2) is 88.1 Å². The summed E-state index contributed by atoms with van der Waals surface area (Å²) in [7, 11) is -3.48. The summed E-state index contributed by atoms with van der Waals surface area (Å²) in [6.07, 6.45) is 0. The van der Waals surface area contributed by atoms with E-state index in [1.165, 1.54) is 12.1 Å². The molecule has 136 valence electrons. The Balaban J connectivity index is 1.51. The number of nitrogens with zero attached hydrogens (tertiary/aromatic N) is 4. The summed E-state index contributed by atoms with van der Waals surface area (Å²) in [5.74, 6) is 0. The lowest BCUT2D eigenvalue weighted by Gasteiger charge is -2.35. The van der Waals surface area contributed by atoms with Crippen LogP contribution in [0.3, 0.4) is 0 Å². The second-order valence-electron chi connectivity index (χ2n) is 6.34. The lowest BCUT2D eigenvalue weighted by atomic mass is 10.2. The molecule has 3 rings (SSSR count). The van der Waals surface area contributed by atoms with E-state index >= 15 is 0 Å². The molecule has 0 unspecified atom stereocenters. The van der Waals surface area contributed by atoms with Crippen LogP contribution in [0, 0.1) is 11.3 Å². The molecule has 7 nitrogen and oxygen atoms in total. The fraction of sp³-hybridized carbons (Fsp3) is 0.588. The highest BCUT2D eigenvalue weighted by atomic mass is 32.2. The molecule has 0 atom stereocenters. The average molecular weight is 364 g/mol. The summed E-state index contributed by atoms with van der Waals surface area (Å²) in [5.41, 5.74) is 0.465. The lowest BCUT2D eigenvalue weighted by molar-refractivity contribution is 0.0317. The van der Waals surface area contributed by atoms with Gasteiger partial charge in [-0.05, 0) is 24.3 Å². The number of hydrogen-bond donors (Lipinski definition) is 0. The lowest BCUT2D eigenvalue weighted by Crippen LogP contribution is -2.50. The van der Waals surface area contributed by atoms with E-state index in [1.54, 1.807) is 16.4 Å². The van der Waals surface area contributed by atoms with Crippen molar-refractivity contribution in [2.45, 2.75) is 4.90 Å². The van der Waals surface area contributed by atoms with Crippen LogP contribution < -0.4 is 0 Å². The van der Waals surface area contributed by atoms with Crippen molar-refractivity contribution in [1.82, 2.24) is 14.1 Å². The quantitative estimate of drug-likeness (QED) is 0.743. The average Bonchev–Trinajstić information content (AvgIpc) is 2.67. The third kappa shape index (κ3) is 4.57. The van der Waals surface area contributed by atoms with Crippen molar-refractivity contribution >= 4 is 10.0 Å². The molecular formula is C17H24N4O3S. The van der Waals surface area contributed by atoms with Crippen LogP contribution in [0.1, 0.15) is 5.56 Å². The van der Waals surface area contributed by atoms with E-state index in [9.17, 15) is 8.42 Å². The zero-order valence-electron chi connectivity index (χ0n) is 14.3. The molecular weight excluding hydrogens is 340 g/mol.